The van der Waals surface area contributed by atoms with Crippen LogP contribution in [0.2, 0.25) is 0 Å². The largest absolute Gasteiger partial charge is 0.496 e. The molecule has 0 fully saturated rings. The van der Waals surface area contributed by atoms with Crippen LogP contribution in [0.1, 0.15) is 30.6 Å². The van der Waals surface area contributed by atoms with E-state index in [1.54, 1.807) is 31.2 Å². The van der Waals surface area contributed by atoms with Crippen LogP contribution in [0.5, 0.6) is 5.75 Å². The van der Waals surface area contributed by atoms with Gasteiger partial charge in [0.2, 0.25) is 0 Å². The fourth-order valence-corrected chi connectivity index (χ4v) is 2.17. The highest BCUT2D eigenvalue weighted by Gasteiger charge is 2.18. The van der Waals surface area contributed by atoms with Gasteiger partial charge in [-0.25, -0.2) is 0 Å². The van der Waals surface area contributed by atoms with Gasteiger partial charge >= 0.3 is 0 Å². The smallest absolute Gasteiger partial charge is 0.257 e. The first-order valence-corrected chi connectivity index (χ1v) is 7.50. The second kappa shape index (κ2) is 7.64. The number of hydrogen-bond donors (Lipinski definition) is 1. The van der Waals surface area contributed by atoms with Crippen molar-refractivity contribution in [3.63, 3.8) is 0 Å². The van der Waals surface area contributed by atoms with E-state index < -0.39 is 0 Å². The van der Waals surface area contributed by atoms with E-state index in [2.05, 4.69) is 29.8 Å². The van der Waals surface area contributed by atoms with Crippen LogP contribution >= 0.6 is 15.9 Å². The molecule has 1 amide bonds. The van der Waals surface area contributed by atoms with E-state index in [1.807, 2.05) is 6.07 Å². The summed E-state index contributed by atoms with van der Waals surface area (Å²) in [5.74, 6) is 0.940. The Morgan fingerprint density at radius 3 is 2.65 bits per heavy atom. The van der Waals surface area contributed by atoms with Crippen molar-refractivity contribution >= 4 is 21.8 Å². The second-order valence-corrected chi connectivity index (χ2v) is 6.18. The molecule has 4 nitrogen and oxygen atoms in total. The Morgan fingerprint density at radius 1 is 1.45 bits per heavy atom. The molecule has 2 N–H and O–H groups in total. The summed E-state index contributed by atoms with van der Waals surface area (Å²) in [7, 11) is 3.35. The van der Waals surface area contributed by atoms with E-state index in [1.165, 1.54) is 0 Å². The number of halogens is 1. The van der Waals surface area contributed by atoms with E-state index in [0.717, 1.165) is 10.9 Å². The molecule has 0 bridgehead atoms. The first kappa shape index (κ1) is 17.0. The van der Waals surface area contributed by atoms with Crippen LogP contribution in [0, 0.1) is 5.92 Å². The molecule has 0 aromatic heterocycles. The Hall–Kier alpha value is -1.07. The molecule has 0 spiro atoms. The molecule has 0 aliphatic rings. The van der Waals surface area contributed by atoms with Crippen LogP contribution in [0.15, 0.2) is 22.7 Å². The number of rotatable bonds is 6. The number of ether oxygens (including phenoxy) is 1. The Bertz CT molecular complexity index is 463. The summed E-state index contributed by atoms with van der Waals surface area (Å²) in [6.45, 7) is 4.81. The van der Waals surface area contributed by atoms with Gasteiger partial charge in [0.25, 0.3) is 5.91 Å². The Labute approximate surface area is 129 Å². The molecule has 0 radical (unpaired) electrons. The summed E-state index contributed by atoms with van der Waals surface area (Å²) in [6, 6.07) is 5.51. The molecule has 1 atom stereocenters. The number of nitrogens with zero attached hydrogens (tertiary/aromatic N) is 1. The van der Waals surface area contributed by atoms with Gasteiger partial charge in [0.1, 0.15) is 5.75 Å². The van der Waals surface area contributed by atoms with Crippen molar-refractivity contribution in [1.82, 2.24) is 4.90 Å². The van der Waals surface area contributed by atoms with Crippen molar-refractivity contribution in [3.05, 3.63) is 28.2 Å². The van der Waals surface area contributed by atoms with E-state index >= 15 is 0 Å². The van der Waals surface area contributed by atoms with Gasteiger partial charge in [-0.15, -0.1) is 0 Å². The summed E-state index contributed by atoms with van der Waals surface area (Å²) in [5, 5.41) is 0. The lowest BCUT2D eigenvalue weighted by Gasteiger charge is -2.22. The molecule has 20 heavy (non-hydrogen) atoms. The van der Waals surface area contributed by atoms with Gasteiger partial charge in [-0.05, 0) is 30.5 Å². The van der Waals surface area contributed by atoms with Gasteiger partial charge in [0, 0.05) is 24.1 Å². The first-order chi connectivity index (χ1) is 9.36. The third-order valence-corrected chi connectivity index (χ3v) is 3.89. The number of benzene rings is 1. The van der Waals surface area contributed by atoms with Gasteiger partial charge < -0.3 is 15.4 Å². The molecule has 0 saturated carbocycles. The predicted octanol–water partition coefficient (Wildman–Crippen LogP) is 2.90. The molecule has 1 aromatic rings. The first-order valence-electron chi connectivity index (χ1n) is 6.71. The van der Waals surface area contributed by atoms with Crippen molar-refractivity contribution in [2.24, 2.45) is 11.7 Å². The van der Waals surface area contributed by atoms with Crippen molar-refractivity contribution in [2.45, 2.75) is 26.3 Å². The van der Waals surface area contributed by atoms with E-state index in [-0.39, 0.29) is 11.9 Å². The van der Waals surface area contributed by atoms with E-state index in [9.17, 15) is 4.79 Å². The normalized spacial score (nSPS) is 12.3. The van der Waals surface area contributed by atoms with Gasteiger partial charge in [-0.3, -0.25) is 4.79 Å². The van der Waals surface area contributed by atoms with Gasteiger partial charge in [0.15, 0.2) is 0 Å². The summed E-state index contributed by atoms with van der Waals surface area (Å²) in [5.41, 5.74) is 6.58. The van der Waals surface area contributed by atoms with Gasteiger partial charge in [-0.2, -0.15) is 0 Å². The molecule has 0 aliphatic heterocycles. The van der Waals surface area contributed by atoms with Crippen LogP contribution in [0.4, 0.5) is 0 Å². The van der Waals surface area contributed by atoms with Crippen LogP contribution in [0.25, 0.3) is 0 Å². The van der Waals surface area contributed by atoms with Crippen molar-refractivity contribution in [3.8, 4) is 5.75 Å². The summed E-state index contributed by atoms with van der Waals surface area (Å²) >= 11 is 3.37. The monoisotopic (exact) mass is 342 g/mol. The zero-order chi connectivity index (χ0) is 15.3. The second-order valence-electron chi connectivity index (χ2n) is 5.27. The fraction of sp³-hybridized carbons (Fsp3) is 0.533. The zero-order valence-electron chi connectivity index (χ0n) is 12.5. The maximum atomic E-state index is 12.4. The standard InChI is InChI=1S/C15H23BrN2O2/c1-10(2)13(17)7-8-18(3)15(19)12-6-5-11(16)9-14(12)20-4/h5-6,9-10,13H,7-8,17H2,1-4H3. The fourth-order valence-electron chi connectivity index (χ4n) is 1.82. The molecule has 0 heterocycles. The topological polar surface area (TPSA) is 55.6 Å². The lowest BCUT2D eigenvalue weighted by Crippen LogP contribution is -2.34. The molecule has 0 saturated heterocycles. The van der Waals surface area contributed by atoms with Crippen LogP contribution in [-0.4, -0.2) is 37.6 Å². The highest BCUT2D eigenvalue weighted by atomic mass is 79.9. The Balaban J connectivity index is 2.74. The average Bonchev–Trinajstić information content (AvgIpc) is 2.43. The zero-order valence-corrected chi connectivity index (χ0v) is 14.1. The quantitative estimate of drug-likeness (QED) is 0.864. The molecular formula is C15H23BrN2O2. The summed E-state index contributed by atoms with van der Waals surface area (Å²) < 4.78 is 6.14. The predicted molar refractivity (Wildman–Crippen MR) is 85.1 cm³/mol. The van der Waals surface area contributed by atoms with Crippen LogP contribution < -0.4 is 10.5 Å². The summed E-state index contributed by atoms with van der Waals surface area (Å²) in [4.78, 5) is 14.1. The van der Waals surface area contributed by atoms with Crippen LogP contribution in [-0.2, 0) is 0 Å². The highest BCUT2D eigenvalue weighted by Crippen LogP contribution is 2.24. The van der Waals surface area contributed by atoms with E-state index in [4.69, 9.17) is 10.5 Å². The molecule has 1 unspecified atom stereocenters. The minimum atomic E-state index is -0.0506. The minimum absolute atomic E-state index is 0.0506. The van der Waals surface area contributed by atoms with Crippen molar-refractivity contribution in [1.29, 1.82) is 0 Å². The number of amides is 1. The maximum Gasteiger partial charge on any atom is 0.257 e. The SMILES string of the molecule is COc1cc(Br)ccc1C(=O)N(C)CCC(N)C(C)C. The minimum Gasteiger partial charge on any atom is -0.496 e. The lowest BCUT2D eigenvalue weighted by atomic mass is 10.0. The van der Waals surface area contributed by atoms with E-state index in [0.29, 0.717) is 23.8 Å². The molecule has 1 aromatic carbocycles. The molecular weight excluding hydrogens is 320 g/mol. The Kier molecular flexibility index (Phi) is 6.49. The molecule has 1 rings (SSSR count). The number of hydrogen-bond acceptors (Lipinski definition) is 3. The average molecular weight is 343 g/mol. The molecule has 112 valence electrons. The highest BCUT2D eigenvalue weighted by molar-refractivity contribution is 9.10. The number of carbonyl (C=O) groups is 1. The van der Waals surface area contributed by atoms with Gasteiger partial charge in [0.05, 0.1) is 12.7 Å². The molecule has 5 heteroatoms. The van der Waals surface area contributed by atoms with Crippen molar-refractivity contribution < 1.29 is 9.53 Å². The number of methoxy groups -OCH3 is 1. The molecule has 0 aliphatic carbocycles. The summed E-state index contributed by atoms with van der Waals surface area (Å²) in [6.07, 6.45) is 0.790. The van der Waals surface area contributed by atoms with Crippen molar-refractivity contribution in [2.75, 3.05) is 20.7 Å². The Morgan fingerprint density at radius 2 is 2.10 bits per heavy atom. The number of nitrogens with two attached hydrogens (primary N) is 1. The van der Waals surface area contributed by atoms with Crippen LogP contribution in [0.3, 0.4) is 0 Å². The van der Waals surface area contributed by atoms with Gasteiger partial charge in [-0.1, -0.05) is 29.8 Å². The third-order valence-electron chi connectivity index (χ3n) is 3.39. The maximum absolute atomic E-state index is 12.4. The number of carbonyl (C=O) groups excluding carboxylic acids is 1. The third kappa shape index (κ3) is 4.49. The lowest BCUT2D eigenvalue weighted by molar-refractivity contribution is 0.0786.